The Balaban J connectivity index is 1.36. The fourth-order valence-electron chi connectivity index (χ4n) is 4.50. The molecule has 1 aliphatic heterocycles. The van der Waals surface area contributed by atoms with Crippen molar-refractivity contribution in [3.8, 4) is 11.5 Å². The molecule has 180 valence electrons. The molecule has 0 aliphatic carbocycles. The second kappa shape index (κ2) is 10.6. The van der Waals surface area contributed by atoms with E-state index in [1.807, 2.05) is 47.5 Å². The third kappa shape index (κ3) is 5.12. The second-order valence-electron chi connectivity index (χ2n) is 8.59. The first kappa shape index (κ1) is 22.9. The highest BCUT2D eigenvalue weighted by Crippen LogP contribution is 2.33. The number of hydrogen-bond donors (Lipinski definition) is 1. The fourth-order valence-corrected chi connectivity index (χ4v) is 4.50. The monoisotopic (exact) mass is 472 g/mol. The average Bonchev–Trinajstić information content (AvgIpc) is 3.27. The van der Waals surface area contributed by atoms with Crippen LogP contribution in [0.1, 0.15) is 21.6 Å². The number of amides is 1. The van der Waals surface area contributed by atoms with Gasteiger partial charge in [-0.25, -0.2) is 0 Å². The van der Waals surface area contributed by atoms with E-state index in [-0.39, 0.29) is 18.4 Å². The van der Waals surface area contributed by atoms with Crippen LogP contribution in [0.3, 0.4) is 0 Å². The maximum atomic E-state index is 13.7. The van der Waals surface area contributed by atoms with Crippen LogP contribution in [0.25, 0.3) is 10.9 Å². The zero-order valence-electron chi connectivity index (χ0n) is 19.6. The van der Waals surface area contributed by atoms with Gasteiger partial charge < -0.3 is 19.1 Å². The van der Waals surface area contributed by atoms with Crippen LogP contribution in [0.5, 0.6) is 11.5 Å². The molecular formula is C27H28N4O4. The smallest absolute Gasteiger partial charge is 0.257 e. The number of para-hydroxylation sites is 1. The molecule has 1 atom stereocenters. The van der Waals surface area contributed by atoms with Crippen molar-refractivity contribution >= 4 is 16.8 Å². The van der Waals surface area contributed by atoms with Crippen LogP contribution in [-0.2, 0) is 17.8 Å². The van der Waals surface area contributed by atoms with Gasteiger partial charge in [0.1, 0.15) is 6.61 Å². The van der Waals surface area contributed by atoms with Crippen LogP contribution in [0.4, 0.5) is 0 Å². The summed E-state index contributed by atoms with van der Waals surface area (Å²) in [6, 6.07) is 17.2. The van der Waals surface area contributed by atoms with Crippen molar-refractivity contribution in [2.45, 2.75) is 13.0 Å². The number of nitrogens with one attached hydrogen (secondary N) is 1. The van der Waals surface area contributed by atoms with Gasteiger partial charge in [-0.15, -0.1) is 0 Å². The number of ether oxygens (including phenoxy) is 3. The number of nitrogens with zero attached hydrogens (tertiary/aromatic N) is 3. The highest BCUT2D eigenvalue weighted by Gasteiger charge is 2.27. The highest BCUT2D eigenvalue weighted by atomic mass is 16.5. The van der Waals surface area contributed by atoms with Crippen LogP contribution in [-0.4, -0.2) is 59.4 Å². The Morgan fingerprint density at radius 2 is 2.09 bits per heavy atom. The predicted octanol–water partition coefficient (Wildman–Crippen LogP) is 3.88. The lowest BCUT2D eigenvalue weighted by Crippen LogP contribution is -2.36. The standard InChI is InChI=1S/C27H28N4O4/c1-33-25-10-5-8-22(26(25)35-18-21-7-2-3-11-28-21)27(32)31-12-13-34-17-19(16-31)14-20-6-4-9-24-23(20)15-29-30-24/h2-11,15,19H,12-14,16-18H2,1H3,(H,29,30). The Hall–Kier alpha value is -3.91. The molecule has 3 heterocycles. The van der Waals surface area contributed by atoms with E-state index < -0.39 is 0 Å². The first-order chi connectivity index (χ1) is 17.2. The van der Waals surface area contributed by atoms with Gasteiger partial charge in [-0.2, -0.15) is 5.10 Å². The Morgan fingerprint density at radius 3 is 2.94 bits per heavy atom. The number of carbonyl (C=O) groups excluding carboxylic acids is 1. The van der Waals surface area contributed by atoms with Crippen LogP contribution < -0.4 is 9.47 Å². The SMILES string of the molecule is COc1cccc(C(=O)N2CCOCC(Cc3cccc4[nH]ncc34)C2)c1OCc1ccccn1. The van der Waals surface area contributed by atoms with Crippen LogP contribution >= 0.6 is 0 Å². The van der Waals surface area contributed by atoms with Crippen molar-refractivity contribution in [1.82, 2.24) is 20.1 Å². The van der Waals surface area contributed by atoms with Crippen molar-refractivity contribution in [2.24, 2.45) is 5.92 Å². The van der Waals surface area contributed by atoms with E-state index in [9.17, 15) is 4.79 Å². The number of fused-ring (bicyclic) bond motifs is 1. The van der Waals surface area contributed by atoms with Gasteiger partial charge in [0.25, 0.3) is 5.91 Å². The number of hydrogen-bond acceptors (Lipinski definition) is 6. The molecule has 1 fully saturated rings. The Kier molecular flexibility index (Phi) is 6.90. The van der Waals surface area contributed by atoms with E-state index in [0.717, 1.165) is 23.0 Å². The fraction of sp³-hybridized carbons (Fsp3) is 0.296. The number of H-pyrrole nitrogens is 1. The molecule has 2 aromatic heterocycles. The summed E-state index contributed by atoms with van der Waals surface area (Å²) in [4.78, 5) is 19.9. The molecule has 1 unspecified atom stereocenters. The zero-order chi connectivity index (χ0) is 24.0. The first-order valence-corrected chi connectivity index (χ1v) is 11.7. The van der Waals surface area contributed by atoms with Crippen molar-refractivity contribution in [2.75, 3.05) is 33.4 Å². The molecule has 8 nitrogen and oxygen atoms in total. The second-order valence-corrected chi connectivity index (χ2v) is 8.59. The maximum absolute atomic E-state index is 13.7. The largest absolute Gasteiger partial charge is 0.493 e. The molecule has 5 rings (SSSR count). The highest BCUT2D eigenvalue weighted by molar-refractivity contribution is 5.98. The number of aromatic amines is 1. The summed E-state index contributed by atoms with van der Waals surface area (Å²) in [7, 11) is 1.57. The molecule has 0 spiro atoms. The van der Waals surface area contributed by atoms with Crippen LogP contribution in [0.15, 0.2) is 67.0 Å². The first-order valence-electron chi connectivity index (χ1n) is 11.7. The molecule has 1 aliphatic rings. The van der Waals surface area contributed by atoms with E-state index >= 15 is 0 Å². The number of rotatable bonds is 7. The third-order valence-electron chi connectivity index (χ3n) is 6.23. The molecule has 0 radical (unpaired) electrons. The number of pyridine rings is 1. The van der Waals surface area contributed by atoms with Crippen molar-refractivity contribution in [3.05, 3.63) is 83.8 Å². The molecule has 1 amide bonds. The van der Waals surface area contributed by atoms with Crippen molar-refractivity contribution in [3.63, 3.8) is 0 Å². The quantitative estimate of drug-likeness (QED) is 0.439. The summed E-state index contributed by atoms with van der Waals surface area (Å²) in [6.07, 6.45) is 4.36. The molecule has 35 heavy (non-hydrogen) atoms. The minimum Gasteiger partial charge on any atom is -0.493 e. The molecule has 2 aromatic carbocycles. The van der Waals surface area contributed by atoms with Crippen molar-refractivity contribution < 1.29 is 19.0 Å². The van der Waals surface area contributed by atoms with Gasteiger partial charge in [-0.1, -0.05) is 24.3 Å². The summed E-state index contributed by atoms with van der Waals surface area (Å²) < 4.78 is 17.5. The molecule has 0 bridgehead atoms. The third-order valence-corrected chi connectivity index (χ3v) is 6.23. The summed E-state index contributed by atoms with van der Waals surface area (Å²) in [5.74, 6) is 0.999. The summed E-state index contributed by atoms with van der Waals surface area (Å²) in [6.45, 7) is 2.43. The van der Waals surface area contributed by atoms with Crippen LogP contribution in [0.2, 0.25) is 0 Å². The summed E-state index contributed by atoms with van der Waals surface area (Å²) in [5, 5.41) is 8.30. The topological polar surface area (TPSA) is 89.6 Å². The Morgan fingerprint density at radius 1 is 1.17 bits per heavy atom. The van der Waals surface area contributed by atoms with Gasteiger partial charge in [0.05, 0.1) is 43.3 Å². The van der Waals surface area contributed by atoms with Gasteiger partial charge in [0.15, 0.2) is 11.5 Å². The average molecular weight is 473 g/mol. The lowest BCUT2D eigenvalue weighted by atomic mass is 9.97. The zero-order valence-corrected chi connectivity index (χ0v) is 19.6. The van der Waals surface area contributed by atoms with E-state index in [2.05, 4.69) is 21.2 Å². The molecule has 1 saturated heterocycles. The number of benzene rings is 2. The van der Waals surface area contributed by atoms with Crippen molar-refractivity contribution in [1.29, 1.82) is 0 Å². The van der Waals surface area contributed by atoms with E-state index in [1.165, 1.54) is 5.56 Å². The van der Waals surface area contributed by atoms with E-state index in [1.54, 1.807) is 25.4 Å². The number of carbonyl (C=O) groups is 1. The summed E-state index contributed by atoms with van der Waals surface area (Å²) >= 11 is 0. The van der Waals surface area contributed by atoms with Gasteiger partial charge in [-0.05, 0) is 42.3 Å². The van der Waals surface area contributed by atoms with Gasteiger partial charge in [0.2, 0.25) is 0 Å². The molecule has 1 N–H and O–H groups in total. The van der Waals surface area contributed by atoms with Gasteiger partial charge >= 0.3 is 0 Å². The van der Waals surface area contributed by atoms with E-state index in [4.69, 9.17) is 14.2 Å². The van der Waals surface area contributed by atoms with Gasteiger partial charge in [0, 0.05) is 30.6 Å². The Labute approximate surface area is 203 Å². The molecular weight excluding hydrogens is 444 g/mol. The summed E-state index contributed by atoms with van der Waals surface area (Å²) in [5.41, 5.74) is 3.45. The number of aromatic nitrogens is 3. The van der Waals surface area contributed by atoms with E-state index in [0.29, 0.717) is 43.4 Å². The molecule has 4 aromatic rings. The minimum absolute atomic E-state index is 0.100. The van der Waals surface area contributed by atoms with Crippen LogP contribution in [0, 0.1) is 5.92 Å². The maximum Gasteiger partial charge on any atom is 0.257 e. The molecule has 0 saturated carbocycles. The Bertz CT molecular complexity index is 1290. The number of methoxy groups -OCH3 is 1. The minimum atomic E-state index is -0.100. The molecule has 8 heteroatoms. The predicted molar refractivity (Wildman–Crippen MR) is 132 cm³/mol. The normalized spacial score (nSPS) is 16.1. The lowest BCUT2D eigenvalue weighted by molar-refractivity contribution is 0.0731. The lowest BCUT2D eigenvalue weighted by Gasteiger charge is -2.25. The van der Waals surface area contributed by atoms with Gasteiger partial charge in [-0.3, -0.25) is 14.9 Å².